The van der Waals surface area contributed by atoms with Crippen LogP contribution in [-0.4, -0.2) is 17.3 Å². The van der Waals surface area contributed by atoms with Gasteiger partial charge in [0.1, 0.15) is 0 Å². The Balaban J connectivity index is 1.97. The number of thiophene rings is 1. The van der Waals surface area contributed by atoms with Gasteiger partial charge in [0, 0.05) is 22.8 Å². The number of aryl methyl sites for hydroxylation is 1. The molecule has 2 nitrogen and oxygen atoms in total. The normalized spacial score (nSPS) is 11.8. The summed E-state index contributed by atoms with van der Waals surface area (Å²) in [4.78, 5) is 2.58. The molecule has 0 saturated heterocycles. The Morgan fingerprint density at radius 2 is 1.79 bits per heavy atom. The predicted molar refractivity (Wildman–Crippen MR) is 82.5 cm³/mol. The average Bonchev–Trinajstić information content (AvgIpc) is 2.77. The largest absolute Gasteiger partial charge is 0.389 e. The van der Waals surface area contributed by atoms with Crippen molar-refractivity contribution in [3.05, 3.63) is 46.8 Å². The first-order valence-corrected chi connectivity index (χ1v) is 7.34. The lowest BCUT2D eigenvalue weighted by Crippen LogP contribution is -2.34. The van der Waals surface area contributed by atoms with Crippen LogP contribution >= 0.6 is 11.3 Å². The van der Waals surface area contributed by atoms with Crippen molar-refractivity contribution in [2.75, 3.05) is 6.54 Å². The van der Waals surface area contributed by atoms with Gasteiger partial charge in [-0.1, -0.05) is 29.8 Å². The fraction of sp³-hybridized carbons (Fsp3) is 0.375. The van der Waals surface area contributed by atoms with Crippen LogP contribution in [0.5, 0.6) is 0 Å². The van der Waals surface area contributed by atoms with Gasteiger partial charge >= 0.3 is 0 Å². The molecule has 0 aliphatic rings. The van der Waals surface area contributed by atoms with Crippen LogP contribution in [0.3, 0.4) is 0 Å². The summed E-state index contributed by atoms with van der Waals surface area (Å²) in [6.07, 6.45) is 0. The maximum atomic E-state index is 9.65. The zero-order valence-electron chi connectivity index (χ0n) is 11.7. The molecule has 19 heavy (non-hydrogen) atoms. The van der Waals surface area contributed by atoms with Crippen LogP contribution in [0, 0.1) is 6.92 Å². The summed E-state index contributed by atoms with van der Waals surface area (Å²) in [6.45, 7) is 7.13. The van der Waals surface area contributed by atoms with Gasteiger partial charge in [-0.25, -0.2) is 0 Å². The average molecular weight is 275 g/mol. The molecule has 2 aromatic rings. The number of aliphatic hydroxyl groups is 1. The van der Waals surface area contributed by atoms with Crippen molar-refractivity contribution in [1.29, 1.82) is 0 Å². The molecular weight excluding hydrogens is 254 g/mol. The van der Waals surface area contributed by atoms with E-state index < -0.39 is 5.60 Å². The molecule has 0 amide bonds. The Labute approximate surface area is 119 Å². The maximum Gasteiger partial charge on any atom is 0.0715 e. The SMILES string of the molecule is Cc1ccc(-c2ccc(CNCC(C)(C)O)s2)cc1. The summed E-state index contributed by atoms with van der Waals surface area (Å²) in [7, 11) is 0. The fourth-order valence-electron chi connectivity index (χ4n) is 1.84. The molecule has 3 heteroatoms. The topological polar surface area (TPSA) is 32.3 Å². The van der Waals surface area contributed by atoms with E-state index in [1.54, 1.807) is 11.3 Å². The predicted octanol–water partition coefficient (Wildman–Crippen LogP) is 3.58. The molecule has 0 spiro atoms. The highest BCUT2D eigenvalue weighted by Gasteiger charge is 2.11. The second-order valence-electron chi connectivity index (χ2n) is 5.55. The molecular formula is C16H21NOS. The maximum absolute atomic E-state index is 9.65. The van der Waals surface area contributed by atoms with Crippen molar-refractivity contribution < 1.29 is 5.11 Å². The summed E-state index contributed by atoms with van der Waals surface area (Å²) in [6, 6.07) is 12.9. The summed E-state index contributed by atoms with van der Waals surface area (Å²) >= 11 is 1.80. The zero-order chi connectivity index (χ0) is 13.9. The van der Waals surface area contributed by atoms with Crippen molar-refractivity contribution in [2.24, 2.45) is 0 Å². The van der Waals surface area contributed by atoms with Crippen molar-refractivity contribution in [1.82, 2.24) is 5.32 Å². The lowest BCUT2D eigenvalue weighted by atomic mass is 10.1. The van der Waals surface area contributed by atoms with E-state index in [0.717, 1.165) is 6.54 Å². The minimum Gasteiger partial charge on any atom is -0.389 e. The van der Waals surface area contributed by atoms with E-state index in [1.807, 2.05) is 13.8 Å². The van der Waals surface area contributed by atoms with Gasteiger partial charge in [-0.3, -0.25) is 0 Å². The highest BCUT2D eigenvalue weighted by atomic mass is 32.1. The van der Waals surface area contributed by atoms with Gasteiger partial charge < -0.3 is 10.4 Å². The number of nitrogens with one attached hydrogen (secondary N) is 1. The van der Waals surface area contributed by atoms with Crippen molar-refractivity contribution in [3.8, 4) is 10.4 Å². The molecule has 0 saturated carbocycles. The molecule has 0 unspecified atom stereocenters. The standard InChI is InChI=1S/C16H21NOS/c1-12-4-6-13(7-5-12)15-9-8-14(19-15)10-17-11-16(2,3)18/h4-9,17-18H,10-11H2,1-3H3. The van der Waals surface area contributed by atoms with E-state index in [4.69, 9.17) is 0 Å². The minimum absolute atomic E-state index is 0.602. The quantitative estimate of drug-likeness (QED) is 0.874. The molecule has 1 aromatic carbocycles. The molecule has 0 aliphatic carbocycles. The molecule has 1 heterocycles. The Hall–Kier alpha value is -1.16. The van der Waals surface area contributed by atoms with Crippen LogP contribution in [0.1, 0.15) is 24.3 Å². The van der Waals surface area contributed by atoms with E-state index in [-0.39, 0.29) is 0 Å². The third-order valence-electron chi connectivity index (χ3n) is 2.85. The molecule has 0 bridgehead atoms. The first-order valence-electron chi connectivity index (χ1n) is 6.53. The first-order chi connectivity index (χ1) is 8.94. The van der Waals surface area contributed by atoms with Crippen LogP contribution in [-0.2, 0) is 6.54 Å². The lowest BCUT2D eigenvalue weighted by molar-refractivity contribution is 0.0796. The Bertz CT molecular complexity index is 522. The number of hydrogen-bond donors (Lipinski definition) is 2. The summed E-state index contributed by atoms with van der Waals surface area (Å²) < 4.78 is 0. The van der Waals surface area contributed by atoms with Crippen LogP contribution in [0.15, 0.2) is 36.4 Å². The number of rotatable bonds is 5. The monoisotopic (exact) mass is 275 g/mol. The van der Waals surface area contributed by atoms with Gasteiger partial charge in [0.2, 0.25) is 0 Å². The second-order valence-corrected chi connectivity index (χ2v) is 6.72. The third kappa shape index (κ3) is 4.46. The van der Waals surface area contributed by atoms with Gasteiger partial charge in [0.05, 0.1) is 5.60 Å². The Kier molecular flexibility index (Phi) is 4.40. The highest BCUT2D eigenvalue weighted by Crippen LogP contribution is 2.28. The minimum atomic E-state index is -0.656. The van der Waals surface area contributed by atoms with E-state index in [1.165, 1.54) is 20.9 Å². The van der Waals surface area contributed by atoms with Gasteiger partial charge in [-0.15, -0.1) is 11.3 Å². The lowest BCUT2D eigenvalue weighted by Gasteiger charge is -2.17. The van der Waals surface area contributed by atoms with Crippen LogP contribution in [0.25, 0.3) is 10.4 Å². The molecule has 0 atom stereocenters. The van der Waals surface area contributed by atoms with E-state index >= 15 is 0 Å². The van der Waals surface area contributed by atoms with Crippen LogP contribution < -0.4 is 5.32 Å². The molecule has 0 aliphatic heterocycles. The van der Waals surface area contributed by atoms with E-state index in [9.17, 15) is 5.11 Å². The van der Waals surface area contributed by atoms with Crippen molar-refractivity contribution in [3.63, 3.8) is 0 Å². The summed E-state index contributed by atoms with van der Waals surface area (Å²) in [5, 5.41) is 12.9. The molecule has 0 fully saturated rings. The molecule has 102 valence electrons. The Morgan fingerprint density at radius 1 is 1.11 bits per heavy atom. The number of hydrogen-bond acceptors (Lipinski definition) is 3. The van der Waals surface area contributed by atoms with E-state index in [2.05, 4.69) is 48.6 Å². The molecule has 1 aromatic heterocycles. The first kappa shape index (κ1) is 14.3. The molecule has 2 rings (SSSR count). The number of benzene rings is 1. The Morgan fingerprint density at radius 3 is 2.42 bits per heavy atom. The highest BCUT2D eigenvalue weighted by molar-refractivity contribution is 7.15. The second kappa shape index (κ2) is 5.87. The van der Waals surface area contributed by atoms with Gasteiger partial charge in [-0.2, -0.15) is 0 Å². The third-order valence-corrected chi connectivity index (χ3v) is 3.99. The smallest absolute Gasteiger partial charge is 0.0715 e. The molecule has 0 radical (unpaired) electrons. The molecule has 2 N–H and O–H groups in total. The van der Waals surface area contributed by atoms with E-state index in [0.29, 0.717) is 6.54 Å². The summed E-state index contributed by atoms with van der Waals surface area (Å²) in [5.41, 5.74) is 1.90. The van der Waals surface area contributed by atoms with Crippen molar-refractivity contribution >= 4 is 11.3 Å². The van der Waals surface area contributed by atoms with Gasteiger partial charge in [0.15, 0.2) is 0 Å². The summed E-state index contributed by atoms with van der Waals surface area (Å²) in [5.74, 6) is 0. The fourth-order valence-corrected chi connectivity index (χ4v) is 2.82. The van der Waals surface area contributed by atoms with Crippen molar-refractivity contribution in [2.45, 2.75) is 32.9 Å². The van der Waals surface area contributed by atoms with Gasteiger partial charge in [0.25, 0.3) is 0 Å². The zero-order valence-corrected chi connectivity index (χ0v) is 12.6. The van der Waals surface area contributed by atoms with Crippen LogP contribution in [0.2, 0.25) is 0 Å². The van der Waals surface area contributed by atoms with Gasteiger partial charge in [-0.05, 0) is 38.5 Å². The van der Waals surface area contributed by atoms with Crippen LogP contribution in [0.4, 0.5) is 0 Å².